The molecule has 1 rings (SSSR count). The Bertz CT molecular complexity index is 424. The Morgan fingerprint density at radius 2 is 1.53 bits per heavy atom. The van der Waals surface area contributed by atoms with Crippen molar-refractivity contribution < 1.29 is 13.2 Å². The van der Waals surface area contributed by atoms with E-state index < -0.39 is 9.84 Å². The van der Waals surface area contributed by atoms with Gasteiger partial charge in [0.15, 0.2) is 9.84 Å². The molecule has 0 aliphatic rings. The third kappa shape index (κ3) is 3.91. The minimum absolute atomic E-state index is 0.271. The van der Waals surface area contributed by atoms with Gasteiger partial charge in [0.05, 0.1) is 4.90 Å². The van der Waals surface area contributed by atoms with Crippen LogP contribution in [0.3, 0.4) is 0 Å². The first-order valence-electron chi connectivity index (χ1n) is 4.68. The topological polar surface area (TPSA) is 43.4 Å². The van der Waals surface area contributed by atoms with Gasteiger partial charge in [-0.15, -0.1) is 0 Å². The van der Waals surface area contributed by atoms with Crippen molar-refractivity contribution in [3.8, 4) is 5.75 Å². The van der Waals surface area contributed by atoms with E-state index in [-0.39, 0.29) is 5.60 Å². The minimum Gasteiger partial charge on any atom is -0.488 e. The van der Waals surface area contributed by atoms with Gasteiger partial charge in [0.2, 0.25) is 0 Å². The van der Waals surface area contributed by atoms with Crippen LogP contribution in [0.15, 0.2) is 29.2 Å². The predicted molar refractivity (Wildman–Crippen MR) is 59.9 cm³/mol. The molecular weight excluding hydrogens is 212 g/mol. The van der Waals surface area contributed by atoms with Gasteiger partial charge in [-0.05, 0) is 45.0 Å². The Kier molecular flexibility index (Phi) is 3.09. The van der Waals surface area contributed by atoms with Crippen molar-refractivity contribution in [3.05, 3.63) is 24.3 Å². The molecule has 1 aromatic carbocycles. The maximum Gasteiger partial charge on any atom is 0.175 e. The van der Waals surface area contributed by atoms with Crippen LogP contribution in [0, 0.1) is 0 Å². The lowest BCUT2D eigenvalue weighted by atomic mass is 10.2. The fourth-order valence-corrected chi connectivity index (χ4v) is 1.74. The Morgan fingerprint density at radius 1 is 1.07 bits per heavy atom. The molecule has 0 fully saturated rings. The summed E-state index contributed by atoms with van der Waals surface area (Å²) in [5.41, 5.74) is -0.271. The maximum absolute atomic E-state index is 11.2. The highest BCUT2D eigenvalue weighted by Crippen LogP contribution is 2.20. The van der Waals surface area contributed by atoms with E-state index in [4.69, 9.17) is 4.74 Å². The lowest BCUT2D eigenvalue weighted by molar-refractivity contribution is 0.131. The van der Waals surface area contributed by atoms with Crippen LogP contribution in [0.5, 0.6) is 5.75 Å². The highest BCUT2D eigenvalue weighted by Gasteiger charge is 2.12. The molecule has 0 saturated heterocycles. The standard InChI is InChI=1S/C11H16O3S/c1-11(2,3)14-9-5-7-10(8-6-9)15(4,12)13/h5-8H,1-4H3. The van der Waals surface area contributed by atoms with Gasteiger partial charge in [-0.3, -0.25) is 0 Å². The van der Waals surface area contributed by atoms with Crippen molar-refractivity contribution >= 4 is 9.84 Å². The van der Waals surface area contributed by atoms with Crippen LogP contribution < -0.4 is 4.74 Å². The summed E-state index contributed by atoms with van der Waals surface area (Å²) in [6.07, 6.45) is 1.19. The molecule has 3 nitrogen and oxygen atoms in total. The maximum atomic E-state index is 11.2. The molecule has 0 amide bonds. The van der Waals surface area contributed by atoms with Crippen LogP contribution in [-0.2, 0) is 9.84 Å². The van der Waals surface area contributed by atoms with E-state index in [1.165, 1.54) is 6.26 Å². The van der Waals surface area contributed by atoms with Crippen molar-refractivity contribution in [3.63, 3.8) is 0 Å². The van der Waals surface area contributed by atoms with E-state index in [0.717, 1.165) is 0 Å². The Labute approximate surface area is 91.0 Å². The van der Waals surface area contributed by atoms with Gasteiger partial charge in [-0.2, -0.15) is 0 Å². The fourth-order valence-electron chi connectivity index (χ4n) is 1.11. The molecular formula is C11H16O3S. The van der Waals surface area contributed by atoms with Gasteiger partial charge in [0, 0.05) is 6.26 Å². The van der Waals surface area contributed by atoms with Gasteiger partial charge in [-0.1, -0.05) is 0 Å². The number of hydrogen-bond acceptors (Lipinski definition) is 3. The molecule has 0 heterocycles. The van der Waals surface area contributed by atoms with E-state index >= 15 is 0 Å². The number of benzene rings is 1. The van der Waals surface area contributed by atoms with Gasteiger partial charge in [0.25, 0.3) is 0 Å². The van der Waals surface area contributed by atoms with Crippen LogP contribution in [0.2, 0.25) is 0 Å². The lowest BCUT2D eigenvalue weighted by Crippen LogP contribution is -2.22. The molecule has 1 aromatic rings. The van der Waals surface area contributed by atoms with Crippen LogP contribution in [0.25, 0.3) is 0 Å². The largest absolute Gasteiger partial charge is 0.488 e. The van der Waals surface area contributed by atoms with Crippen molar-refractivity contribution in [1.29, 1.82) is 0 Å². The van der Waals surface area contributed by atoms with Crippen LogP contribution >= 0.6 is 0 Å². The fraction of sp³-hybridized carbons (Fsp3) is 0.455. The summed E-state index contributed by atoms with van der Waals surface area (Å²) in [7, 11) is -3.12. The van der Waals surface area contributed by atoms with Gasteiger partial charge in [0.1, 0.15) is 11.4 Å². The summed E-state index contributed by atoms with van der Waals surface area (Å²) >= 11 is 0. The molecule has 0 spiro atoms. The molecule has 0 saturated carbocycles. The number of sulfone groups is 1. The molecule has 0 aliphatic heterocycles. The quantitative estimate of drug-likeness (QED) is 0.780. The zero-order valence-corrected chi connectivity index (χ0v) is 10.3. The first kappa shape index (κ1) is 12.0. The molecule has 0 N–H and O–H groups in total. The third-order valence-corrected chi connectivity index (χ3v) is 2.80. The molecule has 4 heteroatoms. The average molecular weight is 228 g/mol. The second-order valence-electron chi connectivity index (χ2n) is 4.46. The summed E-state index contributed by atoms with van der Waals surface area (Å²) in [6.45, 7) is 5.83. The molecule has 0 aromatic heterocycles. The van der Waals surface area contributed by atoms with E-state index in [9.17, 15) is 8.42 Å². The summed E-state index contributed by atoms with van der Waals surface area (Å²) in [6, 6.07) is 6.44. The predicted octanol–water partition coefficient (Wildman–Crippen LogP) is 2.27. The van der Waals surface area contributed by atoms with E-state index in [0.29, 0.717) is 10.6 Å². The molecule has 0 aliphatic carbocycles. The van der Waals surface area contributed by atoms with Gasteiger partial charge in [-0.25, -0.2) is 8.42 Å². The van der Waals surface area contributed by atoms with Crippen LogP contribution in [0.4, 0.5) is 0 Å². The number of ether oxygens (including phenoxy) is 1. The average Bonchev–Trinajstić information content (AvgIpc) is 2.00. The van der Waals surface area contributed by atoms with Gasteiger partial charge >= 0.3 is 0 Å². The Balaban J connectivity index is 2.92. The van der Waals surface area contributed by atoms with Crippen LogP contribution in [-0.4, -0.2) is 20.3 Å². The van der Waals surface area contributed by atoms with Crippen LogP contribution in [0.1, 0.15) is 20.8 Å². The summed E-state index contributed by atoms with van der Waals surface area (Å²) in [5.74, 6) is 0.676. The molecule has 84 valence electrons. The monoisotopic (exact) mass is 228 g/mol. The molecule has 15 heavy (non-hydrogen) atoms. The zero-order chi connectivity index (χ0) is 11.7. The van der Waals surface area contributed by atoms with E-state index in [1.54, 1.807) is 24.3 Å². The second kappa shape index (κ2) is 3.85. The lowest BCUT2D eigenvalue weighted by Gasteiger charge is -2.21. The Morgan fingerprint density at radius 3 is 1.87 bits per heavy atom. The number of hydrogen-bond donors (Lipinski definition) is 0. The molecule has 0 bridgehead atoms. The van der Waals surface area contributed by atoms with E-state index in [2.05, 4.69) is 0 Å². The highest BCUT2D eigenvalue weighted by molar-refractivity contribution is 7.90. The molecule has 0 radical (unpaired) electrons. The first-order valence-corrected chi connectivity index (χ1v) is 6.57. The third-order valence-electron chi connectivity index (χ3n) is 1.68. The van der Waals surface area contributed by atoms with Crippen molar-refractivity contribution in [2.45, 2.75) is 31.3 Å². The van der Waals surface area contributed by atoms with Crippen molar-refractivity contribution in [1.82, 2.24) is 0 Å². The van der Waals surface area contributed by atoms with Crippen molar-refractivity contribution in [2.24, 2.45) is 0 Å². The molecule has 0 atom stereocenters. The normalized spacial score (nSPS) is 12.5. The first-order chi connectivity index (χ1) is 6.68. The second-order valence-corrected chi connectivity index (χ2v) is 6.47. The van der Waals surface area contributed by atoms with E-state index in [1.807, 2.05) is 20.8 Å². The highest BCUT2D eigenvalue weighted by atomic mass is 32.2. The zero-order valence-electron chi connectivity index (χ0n) is 9.44. The van der Waals surface area contributed by atoms with Crippen molar-refractivity contribution in [2.75, 3.05) is 6.26 Å². The van der Waals surface area contributed by atoms with Gasteiger partial charge < -0.3 is 4.74 Å². The number of rotatable bonds is 2. The molecule has 0 unspecified atom stereocenters. The minimum atomic E-state index is -3.12. The summed E-state index contributed by atoms with van der Waals surface area (Å²) < 4.78 is 28.0. The Hall–Kier alpha value is -1.03. The smallest absolute Gasteiger partial charge is 0.175 e. The SMILES string of the molecule is CC(C)(C)Oc1ccc(S(C)(=O)=O)cc1. The summed E-state index contributed by atoms with van der Waals surface area (Å²) in [5, 5.41) is 0. The summed E-state index contributed by atoms with van der Waals surface area (Å²) in [4.78, 5) is 0.309.